The number of rotatable bonds is 2. The van der Waals surface area contributed by atoms with Crippen LogP contribution in [0.4, 0.5) is 0 Å². The topological polar surface area (TPSA) is 60.8 Å². The fourth-order valence-corrected chi connectivity index (χ4v) is 1.62. The average molecular weight is 203 g/mol. The van der Waals surface area contributed by atoms with E-state index in [2.05, 4.69) is 35.9 Å². The van der Waals surface area contributed by atoms with Crippen molar-refractivity contribution in [2.45, 2.75) is 26.7 Å². The summed E-state index contributed by atoms with van der Waals surface area (Å²) < 4.78 is 0. The Balaban J connectivity index is 0.00000112. The molecule has 80 valence electrons. The molecule has 0 aliphatic rings. The molecule has 0 aliphatic carbocycles. The molecule has 3 heteroatoms. The molecule has 0 atom stereocenters. The zero-order valence-electron chi connectivity index (χ0n) is 9.33. The number of fused-ring (bicyclic) bond motifs is 1. The fourth-order valence-electron chi connectivity index (χ4n) is 1.62. The molecule has 3 nitrogen and oxygen atoms in total. The predicted molar refractivity (Wildman–Crippen MR) is 63.3 cm³/mol. The van der Waals surface area contributed by atoms with E-state index in [0.717, 1.165) is 29.9 Å². The molecule has 2 rings (SSSR count). The fraction of sp³-hybridized carbons (Fsp3) is 0.333. The van der Waals surface area contributed by atoms with Gasteiger partial charge in [0.05, 0.1) is 11.2 Å². The second-order valence-electron chi connectivity index (χ2n) is 3.31. The zero-order chi connectivity index (χ0) is 9.97. The van der Waals surface area contributed by atoms with E-state index in [-0.39, 0.29) is 6.15 Å². The molecule has 0 saturated heterocycles. The molecule has 15 heavy (non-hydrogen) atoms. The Kier molecular flexibility index (Phi) is 3.74. The molecular weight excluding hydrogens is 186 g/mol. The number of hydrogen-bond donors (Lipinski definition) is 1. The lowest BCUT2D eigenvalue weighted by Crippen LogP contribution is -1.98. The van der Waals surface area contributed by atoms with Crippen LogP contribution >= 0.6 is 0 Å². The van der Waals surface area contributed by atoms with Gasteiger partial charge in [-0.1, -0.05) is 32.0 Å². The number of nitrogens with zero attached hydrogens (tertiary/aromatic N) is 2. The Hall–Kier alpha value is -1.48. The standard InChI is InChI=1S/C12H14N2.H3N/c1-3-10-9-7-5-6-8-11(9)14-12(4-2)13-10;/h5-8H,3-4H2,1-2H3;1H3. The van der Waals surface area contributed by atoms with E-state index >= 15 is 0 Å². The Morgan fingerprint density at radius 1 is 1.00 bits per heavy atom. The molecule has 0 unspecified atom stereocenters. The van der Waals surface area contributed by atoms with Gasteiger partial charge in [0.2, 0.25) is 0 Å². The van der Waals surface area contributed by atoms with Gasteiger partial charge in [-0.3, -0.25) is 0 Å². The van der Waals surface area contributed by atoms with Crippen molar-refractivity contribution in [2.24, 2.45) is 0 Å². The van der Waals surface area contributed by atoms with Crippen LogP contribution in [0.5, 0.6) is 0 Å². The van der Waals surface area contributed by atoms with E-state index in [1.54, 1.807) is 0 Å². The second-order valence-corrected chi connectivity index (χ2v) is 3.31. The van der Waals surface area contributed by atoms with E-state index in [1.807, 2.05) is 12.1 Å². The molecule has 3 N–H and O–H groups in total. The Labute approximate surface area is 90.1 Å². The highest BCUT2D eigenvalue weighted by Crippen LogP contribution is 2.15. The van der Waals surface area contributed by atoms with Gasteiger partial charge in [-0.05, 0) is 12.5 Å². The smallest absolute Gasteiger partial charge is 0.129 e. The number of para-hydroxylation sites is 1. The normalized spacial score (nSPS) is 10.0. The molecule has 1 aromatic carbocycles. The van der Waals surface area contributed by atoms with E-state index in [4.69, 9.17) is 0 Å². The first-order valence-electron chi connectivity index (χ1n) is 5.09. The van der Waals surface area contributed by atoms with Crippen molar-refractivity contribution in [3.05, 3.63) is 35.8 Å². The van der Waals surface area contributed by atoms with Crippen LogP contribution in [0.25, 0.3) is 10.9 Å². The number of aryl methyl sites for hydroxylation is 2. The minimum Gasteiger partial charge on any atom is -0.344 e. The quantitative estimate of drug-likeness (QED) is 0.816. The van der Waals surface area contributed by atoms with Crippen molar-refractivity contribution in [3.8, 4) is 0 Å². The molecular formula is C12H17N3. The second kappa shape index (κ2) is 4.84. The Bertz CT molecular complexity index is 452. The highest BCUT2D eigenvalue weighted by molar-refractivity contribution is 5.80. The van der Waals surface area contributed by atoms with E-state index < -0.39 is 0 Å². The number of benzene rings is 1. The van der Waals surface area contributed by atoms with Gasteiger partial charge in [0.25, 0.3) is 0 Å². The molecule has 0 bridgehead atoms. The van der Waals surface area contributed by atoms with Gasteiger partial charge in [-0.2, -0.15) is 0 Å². The predicted octanol–water partition coefficient (Wildman–Crippen LogP) is 2.92. The number of hydrogen-bond acceptors (Lipinski definition) is 3. The maximum absolute atomic E-state index is 4.53. The van der Waals surface area contributed by atoms with Crippen molar-refractivity contribution in [2.75, 3.05) is 0 Å². The summed E-state index contributed by atoms with van der Waals surface area (Å²) in [5, 5.41) is 1.19. The summed E-state index contributed by atoms with van der Waals surface area (Å²) in [5.41, 5.74) is 2.23. The van der Waals surface area contributed by atoms with Crippen molar-refractivity contribution in [3.63, 3.8) is 0 Å². The van der Waals surface area contributed by atoms with Crippen LogP contribution in [0.15, 0.2) is 24.3 Å². The SMILES string of the molecule is CCc1nc(CC)c2ccccc2n1.N. The van der Waals surface area contributed by atoms with Crippen molar-refractivity contribution in [1.82, 2.24) is 16.1 Å². The zero-order valence-corrected chi connectivity index (χ0v) is 9.33. The third-order valence-electron chi connectivity index (χ3n) is 2.38. The highest BCUT2D eigenvalue weighted by Gasteiger charge is 2.03. The van der Waals surface area contributed by atoms with Gasteiger partial charge in [-0.25, -0.2) is 9.97 Å². The molecule has 0 amide bonds. The molecule has 2 aromatic rings. The number of aromatic nitrogens is 2. The summed E-state index contributed by atoms with van der Waals surface area (Å²) in [5.74, 6) is 0.945. The molecule has 0 fully saturated rings. The van der Waals surface area contributed by atoms with E-state index in [0.29, 0.717) is 0 Å². The van der Waals surface area contributed by atoms with Gasteiger partial charge in [0.15, 0.2) is 0 Å². The van der Waals surface area contributed by atoms with Gasteiger partial charge in [-0.15, -0.1) is 0 Å². The third-order valence-corrected chi connectivity index (χ3v) is 2.38. The average Bonchev–Trinajstić information content (AvgIpc) is 2.27. The lowest BCUT2D eigenvalue weighted by Gasteiger charge is -2.05. The van der Waals surface area contributed by atoms with Gasteiger partial charge >= 0.3 is 0 Å². The first-order valence-corrected chi connectivity index (χ1v) is 5.09. The highest BCUT2D eigenvalue weighted by atomic mass is 14.9. The molecule has 1 heterocycles. The van der Waals surface area contributed by atoms with E-state index in [9.17, 15) is 0 Å². The lowest BCUT2D eigenvalue weighted by molar-refractivity contribution is 0.912. The minimum atomic E-state index is 0. The Morgan fingerprint density at radius 2 is 1.73 bits per heavy atom. The van der Waals surface area contributed by atoms with Crippen LogP contribution in [0.2, 0.25) is 0 Å². The molecule has 0 aliphatic heterocycles. The van der Waals surface area contributed by atoms with Crippen LogP contribution in [0.1, 0.15) is 25.4 Å². The summed E-state index contributed by atoms with van der Waals surface area (Å²) in [6.07, 6.45) is 1.87. The summed E-state index contributed by atoms with van der Waals surface area (Å²) in [7, 11) is 0. The monoisotopic (exact) mass is 203 g/mol. The van der Waals surface area contributed by atoms with Gasteiger partial charge in [0.1, 0.15) is 5.82 Å². The Morgan fingerprint density at radius 3 is 2.40 bits per heavy atom. The van der Waals surface area contributed by atoms with Crippen molar-refractivity contribution in [1.29, 1.82) is 0 Å². The van der Waals surface area contributed by atoms with Crippen LogP contribution in [-0.2, 0) is 12.8 Å². The molecule has 1 aromatic heterocycles. The van der Waals surface area contributed by atoms with Crippen molar-refractivity contribution >= 4 is 10.9 Å². The largest absolute Gasteiger partial charge is 0.344 e. The minimum absolute atomic E-state index is 0. The maximum Gasteiger partial charge on any atom is 0.129 e. The molecule has 0 radical (unpaired) electrons. The third kappa shape index (κ3) is 2.13. The summed E-state index contributed by atoms with van der Waals surface area (Å²) in [6.45, 7) is 4.22. The van der Waals surface area contributed by atoms with Crippen LogP contribution in [0.3, 0.4) is 0 Å². The van der Waals surface area contributed by atoms with E-state index in [1.165, 1.54) is 5.39 Å². The summed E-state index contributed by atoms with van der Waals surface area (Å²) >= 11 is 0. The van der Waals surface area contributed by atoms with Crippen LogP contribution in [0, 0.1) is 0 Å². The molecule has 0 saturated carbocycles. The summed E-state index contributed by atoms with van der Waals surface area (Å²) in [4.78, 5) is 9.02. The van der Waals surface area contributed by atoms with Crippen LogP contribution < -0.4 is 6.15 Å². The molecule has 0 spiro atoms. The lowest BCUT2D eigenvalue weighted by atomic mass is 10.1. The first kappa shape index (κ1) is 11.6. The maximum atomic E-state index is 4.53. The van der Waals surface area contributed by atoms with Crippen LogP contribution in [-0.4, -0.2) is 9.97 Å². The van der Waals surface area contributed by atoms with Crippen molar-refractivity contribution < 1.29 is 0 Å². The first-order chi connectivity index (χ1) is 6.85. The van der Waals surface area contributed by atoms with Gasteiger partial charge < -0.3 is 6.15 Å². The van der Waals surface area contributed by atoms with Gasteiger partial charge in [0, 0.05) is 11.8 Å². The summed E-state index contributed by atoms with van der Waals surface area (Å²) in [6, 6.07) is 8.20.